The van der Waals surface area contributed by atoms with Gasteiger partial charge in [0.25, 0.3) is 0 Å². The van der Waals surface area contributed by atoms with Crippen molar-refractivity contribution >= 4 is 17.7 Å². The van der Waals surface area contributed by atoms with Gasteiger partial charge in [0.05, 0.1) is 17.4 Å². The fraction of sp³-hybridized carbons (Fsp3) is 0.429. The second kappa shape index (κ2) is 6.46. The maximum absolute atomic E-state index is 11.9. The smallest absolute Gasteiger partial charge is 0.232 e. The van der Waals surface area contributed by atoms with Crippen molar-refractivity contribution in [3.63, 3.8) is 0 Å². The molecular weight excluding hydrogens is 244 g/mol. The van der Waals surface area contributed by atoms with Crippen LogP contribution in [0.2, 0.25) is 0 Å². The molecule has 0 radical (unpaired) electrons. The Bertz CT molecular complexity index is 444. The minimum Gasteiger partial charge on any atom is -0.342 e. The van der Waals surface area contributed by atoms with Gasteiger partial charge in [-0.3, -0.25) is 4.79 Å². The fourth-order valence-corrected chi connectivity index (χ4v) is 2.81. The lowest BCUT2D eigenvalue weighted by Crippen LogP contribution is -2.36. The van der Waals surface area contributed by atoms with Gasteiger partial charge in [-0.05, 0) is 43.5 Å². The van der Waals surface area contributed by atoms with Crippen LogP contribution in [0.3, 0.4) is 0 Å². The number of benzene rings is 1. The molecule has 0 saturated carbocycles. The summed E-state index contributed by atoms with van der Waals surface area (Å²) in [5.74, 6) is 0.718. The number of carbonyl (C=O) groups excluding carboxylic acids is 1. The van der Waals surface area contributed by atoms with Crippen molar-refractivity contribution in [1.82, 2.24) is 4.90 Å². The van der Waals surface area contributed by atoms with E-state index in [2.05, 4.69) is 6.07 Å². The first kappa shape index (κ1) is 13.0. The van der Waals surface area contributed by atoms with Gasteiger partial charge in [0.1, 0.15) is 0 Å². The Morgan fingerprint density at radius 3 is 2.50 bits per heavy atom. The zero-order valence-corrected chi connectivity index (χ0v) is 11.1. The molecule has 1 aromatic rings. The summed E-state index contributed by atoms with van der Waals surface area (Å²) in [7, 11) is 0. The normalized spacial score (nSPS) is 15.2. The van der Waals surface area contributed by atoms with E-state index in [-0.39, 0.29) is 5.91 Å². The number of carbonyl (C=O) groups is 1. The molecule has 0 bridgehead atoms. The number of piperidine rings is 1. The first-order chi connectivity index (χ1) is 8.79. The molecule has 1 amide bonds. The van der Waals surface area contributed by atoms with Gasteiger partial charge in [0, 0.05) is 18.0 Å². The van der Waals surface area contributed by atoms with Crippen LogP contribution in [0.5, 0.6) is 0 Å². The highest BCUT2D eigenvalue weighted by molar-refractivity contribution is 8.00. The summed E-state index contributed by atoms with van der Waals surface area (Å²) in [6.07, 6.45) is 3.51. The summed E-state index contributed by atoms with van der Waals surface area (Å²) < 4.78 is 0. The van der Waals surface area contributed by atoms with Gasteiger partial charge < -0.3 is 4.90 Å². The van der Waals surface area contributed by atoms with Crippen LogP contribution in [0, 0.1) is 11.3 Å². The maximum atomic E-state index is 11.9. The van der Waals surface area contributed by atoms with Crippen LogP contribution in [0.25, 0.3) is 0 Å². The van der Waals surface area contributed by atoms with E-state index in [4.69, 9.17) is 5.26 Å². The summed E-state index contributed by atoms with van der Waals surface area (Å²) in [6.45, 7) is 1.82. The van der Waals surface area contributed by atoms with Crippen LogP contribution in [-0.4, -0.2) is 29.6 Å². The Morgan fingerprint density at radius 1 is 1.22 bits per heavy atom. The molecule has 4 heteroatoms. The summed E-state index contributed by atoms with van der Waals surface area (Å²) >= 11 is 1.54. The van der Waals surface area contributed by atoms with Gasteiger partial charge in [-0.2, -0.15) is 5.26 Å². The van der Waals surface area contributed by atoms with Gasteiger partial charge in [0.15, 0.2) is 0 Å². The van der Waals surface area contributed by atoms with Crippen molar-refractivity contribution in [3.8, 4) is 6.07 Å². The highest BCUT2D eigenvalue weighted by atomic mass is 32.2. The number of likely N-dealkylation sites (tertiary alicyclic amines) is 1. The topological polar surface area (TPSA) is 44.1 Å². The largest absolute Gasteiger partial charge is 0.342 e. The number of hydrogen-bond acceptors (Lipinski definition) is 3. The monoisotopic (exact) mass is 260 g/mol. The van der Waals surface area contributed by atoms with Crippen LogP contribution >= 0.6 is 11.8 Å². The third-order valence-corrected chi connectivity index (χ3v) is 4.05. The molecular formula is C14H16N2OS. The molecule has 1 heterocycles. The molecule has 94 valence electrons. The van der Waals surface area contributed by atoms with E-state index in [1.54, 1.807) is 23.9 Å². The standard InChI is InChI=1S/C14H16N2OS/c15-10-12-4-6-13(7-5-12)18-11-14(17)16-8-2-1-3-9-16/h4-7H,1-3,8-9,11H2. The molecule has 3 nitrogen and oxygen atoms in total. The van der Waals surface area contributed by atoms with E-state index in [9.17, 15) is 4.79 Å². The fourth-order valence-electron chi connectivity index (χ4n) is 2.01. The molecule has 1 aliphatic heterocycles. The van der Waals surface area contributed by atoms with Gasteiger partial charge in [0.2, 0.25) is 5.91 Å². The Balaban J connectivity index is 1.83. The number of thioether (sulfide) groups is 1. The van der Waals surface area contributed by atoms with E-state index < -0.39 is 0 Å². The average molecular weight is 260 g/mol. The van der Waals surface area contributed by atoms with E-state index in [0.717, 1.165) is 30.8 Å². The highest BCUT2D eigenvalue weighted by Crippen LogP contribution is 2.19. The van der Waals surface area contributed by atoms with E-state index >= 15 is 0 Å². The Morgan fingerprint density at radius 2 is 1.89 bits per heavy atom. The predicted molar refractivity (Wildman–Crippen MR) is 72.3 cm³/mol. The minimum atomic E-state index is 0.226. The van der Waals surface area contributed by atoms with Crippen molar-refractivity contribution in [3.05, 3.63) is 29.8 Å². The predicted octanol–water partition coefficient (Wildman–Crippen LogP) is 2.66. The number of nitriles is 1. The molecule has 0 N–H and O–H groups in total. The van der Waals surface area contributed by atoms with Crippen molar-refractivity contribution in [2.75, 3.05) is 18.8 Å². The third-order valence-electron chi connectivity index (χ3n) is 3.05. The summed E-state index contributed by atoms with van der Waals surface area (Å²) in [5, 5.41) is 8.70. The quantitative estimate of drug-likeness (QED) is 0.785. The lowest BCUT2D eigenvalue weighted by atomic mass is 10.1. The van der Waals surface area contributed by atoms with Crippen LogP contribution < -0.4 is 0 Å². The summed E-state index contributed by atoms with van der Waals surface area (Å²) in [4.78, 5) is 14.9. The zero-order valence-electron chi connectivity index (χ0n) is 10.3. The van der Waals surface area contributed by atoms with Crippen molar-refractivity contribution in [2.24, 2.45) is 0 Å². The number of rotatable bonds is 3. The van der Waals surface area contributed by atoms with Gasteiger partial charge in [-0.1, -0.05) is 0 Å². The number of amides is 1. The molecule has 1 fully saturated rings. The van der Waals surface area contributed by atoms with Crippen molar-refractivity contribution in [2.45, 2.75) is 24.2 Å². The third kappa shape index (κ3) is 3.51. The maximum Gasteiger partial charge on any atom is 0.232 e. The number of hydrogen-bond donors (Lipinski definition) is 0. The summed E-state index contributed by atoms with van der Waals surface area (Å²) in [5.41, 5.74) is 0.654. The lowest BCUT2D eigenvalue weighted by Gasteiger charge is -2.26. The molecule has 0 atom stereocenters. The zero-order chi connectivity index (χ0) is 12.8. The Hall–Kier alpha value is -1.47. The van der Waals surface area contributed by atoms with Crippen LogP contribution in [0.1, 0.15) is 24.8 Å². The van der Waals surface area contributed by atoms with Gasteiger partial charge >= 0.3 is 0 Å². The van der Waals surface area contributed by atoms with Crippen LogP contribution in [0.15, 0.2) is 29.2 Å². The average Bonchev–Trinajstić information content (AvgIpc) is 2.46. The van der Waals surface area contributed by atoms with Crippen molar-refractivity contribution in [1.29, 1.82) is 5.26 Å². The second-order valence-electron chi connectivity index (χ2n) is 4.37. The molecule has 1 aromatic carbocycles. The molecule has 1 aliphatic rings. The van der Waals surface area contributed by atoms with Crippen molar-refractivity contribution < 1.29 is 4.79 Å². The molecule has 2 rings (SSSR count). The first-order valence-electron chi connectivity index (χ1n) is 6.20. The molecule has 0 spiro atoms. The van der Waals surface area contributed by atoms with Gasteiger partial charge in [-0.15, -0.1) is 11.8 Å². The molecule has 0 unspecified atom stereocenters. The minimum absolute atomic E-state index is 0.226. The van der Waals surface area contributed by atoms with E-state index in [1.165, 1.54) is 6.42 Å². The Labute approximate surface area is 112 Å². The molecule has 0 aliphatic carbocycles. The lowest BCUT2D eigenvalue weighted by molar-refractivity contribution is -0.129. The second-order valence-corrected chi connectivity index (χ2v) is 5.42. The first-order valence-corrected chi connectivity index (χ1v) is 7.19. The van der Waals surface area contributed by atoms with Crippen LogP contribution in [0.4, 0.5) is 0 Å². The molecule has 18 heavy (non-hydrogen) atoms. The SMILES string of the molecule is N#Cc1ccc(SCC(=O)N2CCCCC2)cc1. The Kier molecular flexibility index (Phi) is 4.66. The van der Waals surface area contributed by atoms with E-state index in [0.29, 0.717) is 11.3 Å². The summed E-state index contributed by atoms with van der Waals surface area (Å²) in [6, 6.07) is 9.45. The van der Waals surface area contributed by atoms with E-state index in [1.807, 2.05) is 17.0 Å². The molecule has 0 aromatic heterocycles. The number of nitrogens with zero attached hydrogens (tertiary/aromatic N) is 2. The highest BCUT2D eigenvalue weighted by Gasteiger charge is 2.16. The van der Waals surface area contributed by atoms with Crippen LogP contribution in [-0.2, 0) is 4.79 Å². The van der Waals surface area contributed by atoms with Gasteiger partial charge in [-0.25, -0.2) is 0 Å². The molecule has 1 saturated heterocycles.